The minimum atomic E-state index is 0.398. The zero-order chi connectivity index (χ0) is 15.8. The number of para-hydroxylation sites is 2. The smallest absolute Gasteiger partial charge is 0.198 e. The van der Waals surface area contributed by atoms with Crippen LogP contribution in [0.2, 0.25) is 0 Å². The first-order chi connectivity index (χ1) is 11.2. The van der Waals surface area contributed by atoms with E-state index in [9.17, 15) is 0 Å². The maximum Gasteiger partial charge on any atom is 0.198 e. The van der Waals surface area contributed by atoms with Crippen LogP contribution in [0.25, 0.3) is 11.1 Å². The molecule has 4 rings (SSSR count). The van der Waals surface area contributed by atoms with Gasteiger partial charge in [0.2, 0.25) is 0 Å². The van der Waals surface area contributed by atoms with Crippen LogP contribution >= 0.6 is 12.2 Å². The fourth-order valence-corrected chi connectivity index (χ4v) is 3.25. The average Bonchev–Trinajstić information content (AvgIpc) is 3.14. The van der Waals surface area contributed by atoms with Gasteiger partial charge in [-0.1, -0.05) is 12.1 Å². The third-order valence-corrected chi connectivity index (χ3v) is 4.97. The molecule has 23 heavy (non-hydrogen) atoms. The number of oxazole rings is 1. The second kappa shape index (κ2) is 5.90. The van der Waals surface area contributed by atoms with Gasteiger partial charge in [-0.05, 0) is 37.2 Å². The summed E-state index contributed by atoms with van der Waals surface area (Å²) < 4.78 is 10.4. The number of aryl methyl sites for hydroxylation is 1. The van der Waals surface area contributed by atoms with Crippen LogP contribution in [0.1, 0.15) is 24.7 Å². The van der Waals surface area contributed by atoms with Crippen LogP contribution < -0.4 is 0 Å². The maximum absolute atomic E-state index is 5.92. The van der Waals surface area contributed by atoms with Crippen LogP contribution in [-0.4, -0.2) is 37.3 Å². The van der Waals surface area contributed by atoms with Crippen molar-refractivity contribution in [2.75, 3.05) is 13.1 Å². The molecule has 1 aliphatic heterocycles. The van der Waals surface area contributed by atoms with Gasteiger partial charge < -0.3 is 8.98 Å². The lowest BCUT2D eigenvalue weighted by atomic mass is 9.97. The van der Waals surface area contributed by atoms with Crippen molar-refractivity contribution < 1.29 is 4.42 Å². The molecule has 6 nitrogen and oxygen atoms in total. The summed E-state index contributed by atoms with van der Waals surface area (Å²) in [5, 5.41) is 4.32. The summed E-state index contributed by atoms with van der Waals surface area (Å²) in [4.78, 5) is 7.02. The summed E-state index contributed by atoms with van der Waals surface area (Å²) in [7, 11) is 1.92. The predicted octanol–water partition coefficient (Wildman–Crippen LogP) is 2.93. The Morgan fingerprint density at radius 2 is 2.04 bits per heavy atom. The second-order valence-corrected chi connectivity index (χ2v) is 6.44. The van der Waals surface area contributed by atoms with Gasteiger partial charge in [-0.2, -0.15) is 5.10 Å². The second-order valence-electron chi connectivity index (χ2n) is 6.08. The minimum absolute atomic E-state index is 0.398. The Bertz CT molecular complexity index is 839. The number of fused-ring (bicyclic) bond motifs is 1. The highest BCUT2D eigenvalue weighted by Crippen LogP contribution is 2.29. The average molecular weight is 329 g/mol. The summed E-state index contributed by atoms with van der Waals surface area (Å²) in [6.07, 6.45) is 3.85. The lowest BCUT2D eigenvalue weighted by molar-refractivity contribution is 0.153. The molecule has 0 N–H and O–H groups in total. The van der Waals surface area contributed by atoms with Crippen LogP contribution in [0.15, 0.2) is 35.0 Å². The largest absolute Gasteiger partial charge is 0.440 e. The Morgan fingerprint density at radius 1 is 1.26 bits per heavy atom. The van der Waals surface area contributed by atoms with Gasteiger partial charge in [0.15, 0.2) is 16.2 Å². The lowest BCUT2D eigenvalue weighted by Crippen LogP contribution is -2.35. The monoisotopic (exact) mass is 329 g/mol. The number of likely N-dealkylation sites (tertiary alicyclic amines) is 1. The third kappa shape index (κ3) is 2.82. The molecule has 1 saturated heterocycles. The van der Waals surface area contributed by atoms with Crippen molar-refractivity contribution in [2.24, 2.45) is 7.05 Å². The number of rotatable bonds is 3. The van der Waals surface area contributed by atoms with Crippen LogP contribution in [0.4, 0.5) is 0 Å². The van der Waals surface area contributed by atoms with E-state index in [0.717, 1.165) is 54.4 Å². The Morgan fingerprint density at radius 3 is 2.74 bits per heavy atom. The van der Waals surface area contributed by atoms with E-state index in [0.29, 0.717) is 5.92 Å². The quantitative estimate of drug-likeness (QED) is 0.692. The van der Waals surface area contributed by atoms with Crippen LogP contribution in [0.5, 0.6) is 0 Å². The summed E-state index contributed by atoms with van der Waals surface area (Å²) in [5.74, 6) is 1.27. The molecule has 1 fully saturated rings. The third-order valence-electron chi connectivity index (χ3n) is 4.47. The van der Waals surface area contributed by atoms with Gasteiger partial charge in [-0.25, -0.2) is 9.67 Å². The highest BCUT2D eigenvalue weighted by Gasteiger charge is 2.25. The fraction of sp³-hybridized carbons (Fsp3) is 0.438. The number of nitrogens with zero attached hydrogens (tertiary/aromatic N) is 5. The molecule has 3 aromatic rings. The number of hydrogen-bond acceptors (Lipinski definition) is 5. The van der Waals surface area contributed by atoms with Gasteiger partial charge in [0.1, 0.15) is 11.8 Å². The first-order valence-electron chi connectivity index (χ1n) is 7.87. The molecule has 0 unspecified atom stereocenters. The van der Waals surface area contributed by atoms with Gasteiger partial charge in [-0.15, -0.1) is 0 Å². The van der Waals surface area contributed by atoms with Crippen molar-refractivity contribution in [1.29, 1.82) is 0 Å². The SMILES string of the molecule is Cn1cnn(CN2CCC(c3nc4ccccc4o3)CC2)c1=S. The number of piperidine rings is 1. The molecule has 0 aliphatic carbocycles. The first kappa shape index (κ1) is 14.6. The molecule has 1 aromatic carbocycles. The highest BCUT2D eigenvalue weighted by molar-refractivity contribution is 7.71. The Balaban J connectivity index is 1.42. The normalized spacial score (nSPS) is 17.1. The van der Waals surface area contributed by atoms with E-state index in [1.807, 2.05) is 40.6 Å². The molecular formula is C16H19N5OS. The van der Waals surface area contributed by atoms with Gasteiger partial charge in [0, 0.05) is 26.1 Å². The Labute approximate surface area is 139 Å². The van der Waals surface area contributed by atoms with Crippen LogP contribution in [0, 0.1) is 4.77 Å². The zero-order valence-corrected chi connectivity index (χ0v) is 13.9. The van der Waals surface area contributed by atoms with E-state index in [2.05, 4.69) is 15.0 Å². The molecule has 0 atom stereocenters. The first-order valence-corrected chi connectivity index (χ1v) is 8.28. The minimum Gasteiger partial charge on any atom is -0.440 e. The Kier molecular flexibility index (Phi) is 3.74. The van der Waals surface area contributed by atoms with Crippen molar-refractivity contribution in [3.63, 3.8) is 0 Å². The van der Waals surface area contributed by atoms with Gasteiger partial charge in [0.05, 0.1) is 6.67 Å². The lowest BCUT2D eigenvalue weighted by Gasteiger charge is -2.30. The summed E-state index contributed by atoms with van der Waals surface area (Å²) in [6.45, 7) is 2.75. The molecule has 0 bridgehead atoms. The van der Waals surface area contributed by atoms with Crippen molar-refractivity contribution >= 4 is 23.3 Å². The predicted molar refractivity (Wildman–Crippen MR) is 89.6 cm³/mol. The number of benzene rings is 1. The molecule has 1 aliphatic rings. The van der Waals surface area contributed by atoms with E-state index < -0.39 is 0 Å². The topological polar surface area (TPSA) is 52.0 Å². The molecule has 0 spiro atoms. The van der Waals surface area contributed by atoms with E-state index in [4.69, 9.17) is 16.6 Å². The van der Waals surface area contributed by atoms with Gasteiger partial charge in [-0.3, -0.25) is 4.90 Å². The summed E-state index contributed by atoms with van der Waals surface area (Å²) >= 11 is 5.34. The van der Waals surface area contributed by atoms with Crippen molar-refractivity contribution in [3.8, 4) is 0 Å². The van der Waals surface area contributed by atoms with Crippen molar-refractivity contribution in [1.82, 2.24) is 24.2 Å². The maximum atomic E-state index is 5.92. The van der Waals surface area contributed by atoms with Crippen LogP contribution in [-0.2, 0) is 13.7 Å². The van der Waals surface area contributed by atoms with Gasteiger partial charge in [0.25, 0.3) is 0 Å². The number of hydrogen-bond donors (Lipinski definition) is 0. The molecular weight excluding hydrogens is 310 g/mol. The summed E-state index contributed by atoms with van der Waals surface area (Å²) in [5.41, 5.74) is 1.83. The standard InChI is InChI=1S/C16H19N5OS/c1-19-10-17-21(16(19)23)11-20-8-6-12(7-9-20)15-18-13-4-2-3-5-14(13)22-15/h2-5,10,12H,6-9,11H2,1H3. The molecule has 3 heterocycles. The molecule has 120 valence electrons. The van der Waals surface area contributed by atoms with Crippen LogP contribution in [0.3, 0.4) is 0 Å². The summed E-state index contributed by atoms with van der Waals surface area (Å²) in [6, 6.07) is 7.95. The molecule has 7 heteroatoms. The molecule has 0 saturated carbocycles. The zero-order valence-electron chi connectivity index (χ0n) is 13.1. The van der Waals surface area contributed by atoms with E-state index >= 15 is 0 Å². The van der Waals surface area contributed by atoms with Crippen molar-refractivity contribution in [3.05, 3.63) is 41.3 Å². The fourth-order valence-electron chi connectivity index (χ4n) is 3.09. The molecule has 0 radical (unpaired) electrons. The Hall–Kier alpha value is -1.99. The highest BCUT2D eigenvalue weighted by atomic mass is 32.1. The van der Waals surface area contributed by atoms with Gasteiger partial charge >= 0.3 is 0 Å². The number of aromatic nitrogens is 4. The molecule has 2 aromatic heterocycles. The van der Waals surface area contributed by atoms with E-state index in [1.54, 1.807) is 6.33 Å². The molecule has 0 amide bonds. The van der Waals surface area contributed by atoms with Crippen molar-refractivity contribution in [2.45, 2.75) is 25.4 Å². The van der Waals surface area contributed by atoms with E-state index in [1.165, 1.54) is 0 Å². The van der Waals surface area contributed by atoms with E-state index in [-0.39, 0.29) is 0 Å².